The fourth-order valence-electron chi connectivity index (χ4n) is 1.17. The Labute approximate surface area is 91.0 Å². The number of hydrogen-bond donors (Lipinski definition) is 0. The molecule has 0 aromatic heterocycles. The van der Waals surface area contributed by atoms with Crippen molar-refractivity contribution in [1.29, 1.82) is 0 Å². The van der Waals surface area contributed by atoms with Crippen LogP contribution in [-0.2, 0) is 9.59 Å². The first kappa shape index (κ1) is 13.6. The number of ketones is 2. The predicted octanol–water partition coefficient (Wildman–Crippen LogP) is 2.97. The molecule has 82 valence electrons. The molecule has 0 aliphatic heterocycles. The van der Waals surface area contributed by atoms with E-state index in [1.54, 1.807) is 6.92 Å². The molecule has 0 spiro atoms. The highest BCUT2D eigenvalue weighted by atomic mass is 35.5. The first-order chi connectivity index (χ1) is 6.22. The molecule has 1 atom stereocenters. The summed E-state index contributed by atoms with van der Waals surface area (Å²) in [6.45, 7) is 7.05. The zero-order chi connectivity index (χ0) is 11.4. The monoisotopic (exact) mass is 218 g/mol. The van der Waals surface area contributed by atoms with E-state index in [1.165, 1.54) is 0 Å². The van der Waals surface area contributed by atoms with Crippen molar-refractivity contribution in [2.75, 3.05) is 0 Å². The van der Waals surface area contributed by atoms with E-state index in [9.17, 15) is 9.59 Å². The quantitative estimate of drug-likeness (QED) is 0.643. The Bertz CT molecular complexity index is 216. The zero-order valence-electron chi connectivity index (χ0n) is 9.39. The lowest BCUT2D eigenvalue weighted by Gasteiger charge is -2.17. The average Bonchev–Trinajstić information content (AvgIpc) is 1.96. The predicted molar refractivity (Wildman–Crippen MR) is 58.6 cm³/mol. The van der Waals surface area contributed by atoms with Gasteiger partial charge in [-0.1, -0.05) is 6.92 Å². The molecule has 0 aromatic carbocycles. The third-order valence-electron chi connectivity index (χ3n) is 2.07. The largest absolute Gasteiger partial charge is 0.300 e. The van der Waals surface area contributed by atoms with Crippen molar-refractivity contribution in [1.82, 2.24) is 0 Å². The van der Waals surface area contributed by atoms with Gasteiger partial charge in [0.25, 0.3) is 0 Å². The maximum atomic E-state index is 11.6. The first-order valence-electron chi connectivity index (χ1n) is 4.93. The van der Waals surface area contributed by atoms with Crippen LogP contribution in [0.25, 0.3) is 0 Å². The summed E-state index contributed by atoms with van der Waals surface area (Å²) in [4.78, 5) is 21.8. The molecule has 3 heteroatoms. The lowest BCUT2D eigenvalue weighted by molar-refractivity contribution is -0.123. The van der Waals surface area contributed by atoms with Gasteiger partial charge in [0.05, 0.1) is 0 Å². The Morgan fingerprint density at radius 3 is 2.21 bits per heavy atom. The van der Waals surface area contributed by atoms with Gasteiger partial charge in [-0.15, -0.1) is 11.6 Å². The summed E-state index contributed by atoms with van der Waals surface area (Å²) < 4.78 is 0. The topological polar surface area (TPSA) is 34.1 Å². The van der Waals surface area contributed by atoms with Crippen LogP contribution in [0.2, 0.25) is 0 Å². The average molecular weight is 219 g/mol. The Kier molecular flexibility index (Phi) is 5.35. The lowest BCUT2D eigenvalue weighted by atomic mass is 9.93. The highest BCUT2D eigenvalue weighted by molar-refractivity contribution is 6.24. The van der Waals surface area contributed by atoms with E-state index < -0.39 is 4.87 Å². The van der Waals surface area contributed by atoms with Gasteiger partial charge in [0, 0.05) is 23.6 Å². The molecular weight excluding hydrogens is 200 g/mol. The standard InChI is InChI=1S/C11H19ClO2/c1-8(5-6-9(2)13)10(14)7-11(3,4)12/h8H,5-7H2,1-4H3. The third kappa shape index (κ3) is 7.07. The summed E-state index contributed by atoms with van der Waals surface area (Å²) >= 11 is 5.95. The minimum absolute atomic E-state index is 0.0584. The normalized spacial score (nSPS) is 13.8. The van der Waals surface area contributed by atoms with Gasteiger partial charge in [-0.3, -0.25) is 4.79 Å². The fraction of sp³-hybridized carbons (Fsp3) is 0.818. The van der Waals surface area contributed by atoms with Crippen molar-refractivity contribution in [3.05, 3.63) is 0 Å². The Morgan fingerprint density at radius 2 is 1.86 bits per heavy atom. The van der Waals surface area contributed by atoms with Crippen LogP contribution in [0.3, 0.4) is 0 Å². The molecule has 0 aliphatic carbocycles. The summed E-state index contributed by atoms with van der Waals surface area (Å²) in [5, 5.41) is 0. The summed E-state index contributed by atoms with van der Waals surface area (Å²) in [5.74, 6) is 0.220. The molecule has 0 rings (SSSR count). The maximum absolute atomic E-state index is 11.6. The molecule has 0 aromatic rings. The third-order valence-corrected chi connectivity index (χ3v) is 2.21. The van der Waals surface area contributed by atoms with E-state index >= 15 is 0 Å². The maximum Gasteiger partial charge on any atom is 0.137 e. The minimum atomic E-state index is -0.471. The van der Waals surface area contributed by atoms with Crippen LogP contribution in [0, 0.1) is 5.92 Å². The molecule has 0 aliphatic rings. The number of rotatable bonds is 6. The second kappa shape index (κ2) is 5.50. The van der Waals surface area contributed by atoms with Crippen molar-refractivity contribution in [3.63, 3.8) is 0 Å². The fourth-order valence-corrected chi connectivity index (χ4v) is 1.30. The van der Waals surface area contributed by atoms with Crippen molar-refractivity contribution < 1.29 is 9.59 Å². The van der Waals surface area contributed by atoms with Crippen molar-refractivity contribution >= 4 is 23.2 Å². The van der Waals surface area contributed by atoms with Crippen LogP contribution in [0.4, 0.5) is 0 Å². The SMILES string of the molecule is CC(=O)CCC(C)C(=O)CC(C)(C)Cl. The number of alkyl halides is 1. The Balaban J connectivity index is 3.94. The van der Waals surface area contributed by atoms with Gasteiger partial charge in [-0.05, 0) is 27.2 Å². The van der Waals surface area contributed by atoms with Crippen LogP contribution in [0.15, 0.2) is 0 Å². The summed E-state index contributed by atoms with van der Waals surface area (Å²) in [6, 6.07) is 0. The number of Topliss-reactive ketones (excluding diaryl/α,β-unsaturated/α-hetero) is 2. The highest BCUT2D eigenvalue weighted by Crippen LogP contribution is 2.21. The molecule has 0 saturated carbocycles. The zero-order valence-corrected chi connectivity index (χ0v) is 10.1. The van der Waals surface area contributed by atoms with Crippen LogP contribution in [-0.4, -0.2) is 16.4 Å². The molecule has 1 unspecified atom stereocenters. The van der Waals surface area contributed by atoms with Gasteiger partial charge in [-0.25, -0.2) is 0 Å². The van der Waals surface area contributed by atoms with Gasteiger partial charge in [0.15, 0.2) is 0 Å². The lowest BCUT2D eigenvalue weighted by Crippen LogP contribution is -2.22. The van der Waals surface area contributed by atoms with Gasteiger partial charge in [0.2, 0.25) is 0 Å². The van der Waals surface area contributed by atoms with E-state index in [0.717, 1.165) is 0 Å². The highest BCUT2D eigenvalue weighted by Gasteiger charge is 2.22. The summed E-state index contributed by atoms with van der Waals surface area (Å²) in [5.41, 5.74) is 0. The van der Waals surface area contributed by atoms with Crippen LogP contribution < -0.4 is 0 Å². The molecular formula is C11H19ClO2. The second-order valence-corrected chi connectivity index (χ2v) is 5.53. The summed E-state index contributed by atoms with van der Waals surface area (Å²) in [6.07, 6.45) is 1.49. The van der Waals surface area contributed by atoms with Crippen molar-refractivity contribution in [2.45, 2.75) is 51.8 Å². The second-order valence-electron chi connectivity index (χ2n) is 4.50. The van der Waals surface area contributed by atoms with Crippen molar-refractivity contribution in [3.8, 4) is 0 Å². The van der Waals surface area contributed by atoms with E-state index in [4.69, 9.17) is 11.6 Å². The number of carbonyl (C=O) groups excluding carboxylic acids is 2. The van der Waals surface area contributed by atoms with Crippen molar-refractivity contribution in [2.24, 2.45) is 5.92 Å². The number of halogens is 1. The first-order valence-corrected chi connectivity index (χ1v) is 5.31. The minimum Gasteiger partial charge on any atom is -0.300 e. The number of hydrogen-bond acceptors (Lipinski definition) is 2. The van der Waals surface area contributed by atoms with Gasteiger partial charge in [0.1, 0.15) is 11.6 Å². The molecule has 0 radical (unpaired) electrons. The van der Waals surface area contributed by atoms with E-state index in [2.05, 4.69) is 0 Å². The molecule has 0 heterocycles. The summed E-state index contributed by atoms with van der Waals surface area (Å²) in [7, 11) is 0. The Hall–Kier alpha value is -0.370. The molecule has 0 fully saturated rings. The molecule has 0 N–H and O–H groups in total. The van der Waals surface area contributed by atoms with Gasteiger partial charge < -0.3 is 4.79 Å². The molecule has 0 amide bonds. The van der Waals surface area contributed by atoms with E-state index in [1.807, 2.05) is 20.8 Å². The van der Waals surface area contributed by atoms with E-state index in [-0.39, 0.29) is 17.5 Å². The molecule has 14 heavy (non-hydrogen) atoms. The molecule has 0 saturated heterocycles. The van der Waals surface area contributed by atoms with Crippen LogP contribution in [0.5, 0.6) is 0 Å². The van der Waals surface area contributed by atoms with E-state index in [0.29, 0.717) is 19.3 Å². The van der Waals surface area contributed by atoms with Gasteiger partial charge >= 0.3 is 0 Å². The van der Waals surface area contributed by atoms with Gasteiger partial charge in [-0.2, -0.15) is 0 Å². The smallest absolute Gasteiger partial charge is 0.137 e. The van der Waals surface area contributed by atoms with Crippen LogP contribution in [0.1, 0.15) is 47.0 Å². The molecule has 0 bridgehead atoms. The molecule has 2 nitrogen and oxygen atoms in total. The van der Waals surface area contributed by atoms with Crippen LogP contribution >= 0.6 is 11.6 Å². The Morgan fingerprint density at radius 1 is 1.36 bits per heavy atom. The number of carbonyl (C=O) groups is 2.